The average molecular weight is 342 g/mol. The molecule has 0 heterocycles. The largest absolute Gasteiger partial charge is 0.493 e. The maximum Gasteiger partial charge on any atom is 0.236 e. The molecule has 1 N–H and O–H groups in total. The van der Waals surface area contributed by atoms with Crippen molar-refractivity contribution in [3.8, 4) is 11.5 Å². The zero-order chi connectivity index (χ0) is 18.2. The van der Waals surface area contributed by atoms with Crippen molar-refractivity contribution in [2.75, 3.05) is 21.2 Å². The van der Waals surface area contributed by atoms with Gasteiger partial charge < -0.3 is 14.8 Å². The molecule has 0 fully saturated rings. The lowest BCUT2D eigenvalue weighted by atomic mass is 10.1. The number of carbonyl (C=O) groups excluding carboxylic acids is 1. The number of methoxy groups -OCH3 is 1. The third-order valence-electron chi connectivity index (χ3n) is 4.18. The number of carbonyl (C=O) groups is 1. The second-order valence-corrected chi connectivity index (χ2v) is 5.96. The molecule has 5 heteroatoms. The Bertz CT molecular complexity index is 689. The van der Waals surface area contributed by atoms with Crippen LogP contribution in [0.2, 0.25) is 0 Å². The van der Waals surface area contributed by atoms with Gasteiger partial charge in [-0.1, -0.05) is 36.4 Å². The van der Waals surface area contributed by atoms with Gasteiger partial charge in [0.2, 0.25) is 5.91 Å². The van der Waals surface area contributed by atoms with E-state index in [-0.39, 0.29) is 11.9 Å². The summed E-state index contributed by atoms with van der Waals surface area (Å²) in [7, 11) is 5.20. The molecule has 0 aliphatic heterocycles. The number of hydrogen-bond donors (Lipinski definition) is 1. The summed E-state index contributed by atoms with van der Waals surface area (Å²) in [5, 5.41) is 2.67. The van der Waals surface area contributed by atoms with Crippen LogP contribution in [0.1, 0.15) is 18.1 Å². The number of ether oxygens (including phenoxy) is 2. The van der Waals surface area contributed by atoms with Gasteiger partial charge in [0.05, 0.1) is 13.2 Å². The van der Waals surface area contributed by atoms with Crippen molar-refractivity contribution in [1.29, 1.82) is 0 Å². The monoisotopic (exact) mass is 342 g/mol. The Hall–Kier alpha value is -2.53. The quantitative estimate of drug-likeness (QED) is 0.801. The molecule has 1 atom stereocenters. The Balaban J connectivity index is 2.04. The molecule has 134 valence electrons. The molecule has 0 bridgehead atoms. The maximum absolute atomic E-state index is 11.7. The van der Waals surface area contributed by atoms with E-state index in [4.69, 9.17) is 9.47 Å². The fourth-order valence-corrected chi connectivity index (χ4v) is 2.50. The standard InChI is InChI=1S/C20H26N2O3/c1-15(20(23)21-2)22(3)13-17-10-11-18(19(12-17)24-4)25-14-16-8-6-5-7-9-16/h5-12,15H,13-14H2,1-4H3,(H,21,23)/t15-/m0/s1. The highest BCUT2D eigenvalue weighted by Gasteiger charge is 2.17. The Morgan fingerprint density at radius 3 is 2.48 bits per heavy atom. The molecular formula is C20H26N2O3. The minimum Gasteiger partial charge on any atom is -0.493 e. The van der Waals surface area contributed by atoms with Gasteiger partial charge in [0, 0.05) is 13.6 Å². The van der Waals surface area contributed by atoms with Gasteiger partial charge in [-0.25, -0.2) is 0 Å². The lowest BCUT2D eigenvalue weighted by Gasteiger charge is -2.23. The van der Waals surface area contributed by atoms with Crippen molar-refractivity contribution in [3.63, 3.8) is 0 Å². The van der Waals surface area contributed by atoms with E-state index in [1.807, 2.05) is 67.4 Å². The number of likely N-dealkylation sites (N-methyl/N-ethyl adjacent to an activating group) is 2. The fraction of sp³-hybridized carbons (Fsp3) is 0.350. The van der Waals surface area contributed by atoms with Gasteiger partial charge in [0.15, 0.2) is 11.5 Å². The summed E-state index contributed by atoms with van der Waals surface area (Å²) in [6.45, 7) is 3.02. The van der Waals surface area contributed by atoms with E-state index in [1.54, 1.807) is 14.2 Å². The van der Waals surface area contributed by atoms with Gasteiger partial charge >= 0.3 is 0 Å². The molecule has 2 rings (SSSR count). The van der Waals surface area contributed by atoms with Crippen LogP contribution in [-0.2, 0) is 17.9 Å². The summed E-state index contributed by atoms with van der Waals surface area (Å²) >= 11 is 0. The molecule has 1 amide bonds. The van der Waals surface area contributed by atoms with Crippen molar-refractivity contribution in [2.24, 2.45) is 0 Å². The van der Waals surface area contributed by atoms with Crippen LogP contribution < -0.4 is 14.8 Å². The summed E-state index contributed by atoms with van der Waals surface area (Å²) in [6, 6.07) is 15.7. The van der Waals surface area contributed by atoms with E-state index in [2.05, 4.69) is 5.32 Å². The van der Waals surface area contributed by atoms with Crippen LogP contribution in [0.3, 0.4) is 0 Å². The first-order chi connectivity index (χ1) is 12.0. The molecule has 0 aliphatic carbocycles. The molecule has 25 heavy (non-hydrogen) atoms. The second kappa shape index (κ2) is 9.08. The summed E-state index contributed by atoms with van der Waals surface area (Å²) < 4.78 is 11.3. The van der Waals surface area contributed by atoms with Gasteiger partial charge in [-0.3, -0.25) is 9.69 Å². The second-order valence-electron chi connectivity index (χ2n) is 5.96. The van der Waals surface area contributed by atoms with Crippen LogP contribution in [0.4, 0.5) is 0 Å². The molecule has 0 saturated heterocycles. The maximum atomic E-state index is 11.7. The van der Waals surface area contributed by atoms with E-state index in [1.165, 1.54) is 0 Å². The first kappa shape index (κ1) is 18.8. The van der Waals surface area contributed by atoms with Crippen LogP contribution in [0.25, 0.3) is 0 Å². The van der Waals surface area contributed by atoms with Crippen LogP contribution in [0.15, 0.2) is 48.5 Å². The van der Waals surface area contributed by atoms with Crippen molar-refractivity contribution < 1.29 is 14.3 Å². The van der Waals surface area contributed by atoms with Crippen LogP contribution >= 0.6 is 0 Å². The number of hydrogen-bond acceptors (Lipinski definition) is 4. The summed E-state index contributed by atoms with van der Waals surface area (Å²) in [4.78, 5) is 13.7. The number of benzene rings is 2. The van der Waals surface area contributed by atoms with E-state index in [0.29, 0.717) is 24.7 Å². The topological polar surface area (TPSA) is 50.8 Å². The number of nitrogens with zero attached hydrogens (tertiary/aromatic N) is 1. The first-order valence-corrected chi connectivity index (χ1v) is 8.30. The van der Waals surface area contributed by atoms with Crippen LogP contribution in [-0.4, -0.2) is 38.1 Å². The highest BCUT2D eigenvalue weighted by atomic mass is 16.5. The van der Waals surface area contributed by atoms with Gasteiger partial charge in [0.1, 0.15) is 6.61 Å². The van der Waals surface area contributed by atoms with Gasteiger partial charge in [0.25, 0.3) is 0 Å². The number of nitrogens with one attached hydrogen (secondary N) is 1. The van der Waals surface area contributed by atoms with Gasteiger partial charge in [-0.15, -0.1) is 0 Å². The molecule has 0 radical (unpaired) electrons. The lowest BCUT2D eigenvalue weighted by Crippen LogP contribution is -2.41. The zero-order valence-corrected chi connectivity index (χ0v) is 15.3. The smallest absolute Gasteiger partial charge is 0.236 e. The normalized spacial score (nSPS) is 11.9. The van der Waals surface area contributed by atoms with Crippen molar-refractivity contribution in [2.45, 2.75) is 26.1 Å². The molecule has 2 aromatic carbocycles. The number of amides is 1. The van der Waals surface area contributed by atoms with E-state index >= 15 is 0 Å². The predicted molar refractivity (Wildman–Crippen MR) is 98.8 cm³/mol. The Morgan fingerprint density at radius 2 is 1.84 bits per heavy atom. The van der Waals surface area contributed by atoms with E-state index < -0.39 is 0 Å². The molecule has 0 saturated carbocycles. The van der Waals surface area contributed by atoms with E-state index in [0.717, 1.165) is 11.1 Å². The fourth-order valence-electron chi connectivity index (χ4n) is 2.50. The zero-order valence-electron chi connectivity index (χ0n) is 15.3. The number of rotatable bonds is 8. The van der Waals surface area contributed by atoms with Crippen molar-refractivity contribution >= 4 is 5.91 Å². The molecule has 0 unspecified atom stereocenters. The summed E-state index contributed by atoms with van der Waals surface area (Å²) in [5.41, 5.74) is 2.16. The molecular weight excluding hydrogens is 316 g/mol. The Labute approximate surface area is 149 Å². The SMILES string of the molecule is CNC(=O)[C@H](C)N(C)Cc1ccc(OCc2ccccc2)c(OC)c1. The third-order valence-corrected chi connectivity index (χ3v) is 4.18. The molecule has 5 nitrogen and oxygen atoms in total. The minimum absolute atomic E-state index is 0.00252. The van der Waals surface area contributed by atoms with Crippen LogP contribution in [0, 0.1) is 0 Å². The minimum atomic E-state index is -0.204. The molecule has 0 aliphatic rings. The Kier molecular flexibility index (Phi) is 6.83. The predicted octanol–water partition coefficient (Wildman–Crippen LogP) is 2.84. The van der Waals surface area contributed by atoms with Gasteiger partial charge in [-0.2, -0.15) is 0 Å². The van der Waals surface area contributed by atoms with Crippen LogP contribution in [0.5, 0.6) is 11.5 Å². The molecule has 2 aromatic rings. The van der Waals surface area contributed by atoms with E-state index in [9.17, 15) is 4.79 Å². The van der Waals surface area contributed by atoms with Crippen molar-refractivity contribution in [3.05, 3.63) is 59.7 Å². The first-order valence-electron chi connectivity index (χ1n) is 8.30. The lowest BCUT2D eigenvalue weighted by molar-refractivity contribution is -0.125. The van der Waals surface area contributed by atoms with Crippen molar-refractivity contribution in [1.82, 2.24) is 10.2 Å². The molecule has 0 spiro atoms. The summed E-state index contributed by atoms with van der Waals surface area (Å²) in [6.07, 6.45) is 0. The average Bonchev–Trinajstić information content (AvgIpc) is 2.66. The van der Waals surface area contributed by atoms with Gasteiger partial charge in [-0.05, 0) is 37.2 Å². The molecule has 0 aromatic heterocycles. The third kappa shape index (κ3) is 5.22. The Morgan fingerprint density at radius 1 is 1.12 bits per heavy atom. The summed E-state index contributed by atoms with van der Waals surface area (Å²) in [5.74, 6) is 1.39. The highest BCUT2D eigenvalue weighted by Crippen LogP contribution is 2.29. The highest BCUT2D eigenvalue weighted by molar-refractivity contribution is 5.80.